The number of amides is 3. The van der Waals surface area contributed by atoms with Crippen LogP contribution in [-0.2, 0) is 24.0 Å². The number of Topliss-reactive ketones (excluding diaryl/α,β-unsaturated/α-hetero) is 1. The number of hydrogen-bond donors (Lipinski definition) is 4. The monoisotopic (exact) mass is 855 g/mol. The van der Waals surface area contributed by atoms with Crippen molar-refractivity contribution in [1.29, 1.82) is 0 Å². The van der Waals surface area contributed by atoms with Crippen molar-refractivity contribution >= 4 is 46.5 Å². The van der Waals surface area contributed by atoms with Crippen molar-refractivity contribution in [3.8, 4) is 0 Å². The third-order valence-electron chi connectivity index (χ3n) is 6.51. The molecule has 0 aromatic carbocycles. The SMILES string of the molecule is C/C(=C\C(C)C)C(=O)C(C)C.CC(C)/C=C/C(=O)C(C)C.CC(C)N=NC(=O)C(C)C.CC(C)NC(=O)C(C)C.CC(C)NC(=S)C(C)C.CC(C)NNC(=O)C(C)C. The second kappa shape index (κ2) is 40.3. The topological polar surface area (TPSA) is 158 Å². The molecule has 0 rings (SSSR count). The summed E-state index contributed by atoms with van der Waals surface area (Å²) in [5.41, 5.74) is 6.32. The molecule has 0 aliphatic carbocycles. The largest absolute Gasteiger partial charge is 0.377 e. The van der Waals surface area contributed by atoms with Crippen LogP contribution in [0.2, 0.25) is 0 Å². The Morgan fingerprint density at radius 2 is 0.949 bits per heavy atom. The number of allylic oxidation sites excluding steroid dienone is 4. The van der Waals surface area contributed by atoms with E-state index in [0.717, 1.165) is 10.6 Å². The average Bonchev–Trinajstić information content (AvgIpc) is 3.08. The second-order valence-corrected chi connectivity index (χ2v) is 18.6. The number of carbonyl (C=O) groups is 5. The normalized spacial score (nSPS) is 11.4. The Balaban J connectivity index is -0.000000143. The van der Waals surface area contributed by atoms with E-state index >= 15 is 0 Å². The molecule has 0 spiro atoms. The zero-order valence-corrected chi connectivity index (χ0v) is 43.3. The van der Waals surface area contributed by atoms with E-state index in [1.165, 1.54) is 0 Å². The lowest BCUT2D eigenvalue weighted by Crippen LogP contribution is -2.43. The highest BCUT2D eigenvalue weighted by atomic mass is 32.1. The maximum atomic E-state index is 11.3. The van der Waals surface area contributed by atoms with Crippen LogP contribution < -0.4 is 21.5 Å². The molecule has 0 aliphatic heterocycles. The second-order valence-electron chi connectivity index (χ2n) is 18.2. The molecule has 11 nitrogen and oxygen atoms in total. The Bertz CT molecular complexity index is 1170. The molecule has 0 unspecified atom stereocenters. The first-order valence-corrected chi connectivity index (χ1v) is 22.1. The fourth-order valence-corrected chi connectivity index (χ4v) is 3.30. The summed E-state index contributed by atoms with van der Waals surface area (Å²) >= 11 is 5.04. The number of carbonyl (C=O) groups excluding carboxylic acids is 5. The number of nitrogens with one attached hydrogen (secondary N) is 4. The molecular weight excluding hydrogens is 761 g/mol. The minimum atomic E-state index is -0.145. The maximum absolute atomic E-state index is 11.3. The lowest BCUT2D eigenvalue weighted by molar-refractivity contribution is -0.125. The summed E-state index contributed by atoms with van der Waals surface area (Å²) < 4.78 is 0. The van der Waals surface area contributed by atoms with Crippen LogP contribution in [0, 0.1) is 47.3 Å². The van der Waals surface area contributed by atoms with E-state index in [2.05, 4.69) is 87.1 Å². The van der Waals surface area contributed by atoms with Crippen molar-refractivity contribution in [3.63, 3.8) is 0 Å². The predicted octanol–water partition coefficient (Wildman–Crippen LogP) is 11.1. The van der Waals surface area contributed by atoms with Crippen LogP contribution in [0.5, 0.6) is 0 Å². The smallest absolute Gasteiger partial charge is 0.266 e. The Hall–Kier alpha value is -3.12. The average molecular weight is 855 g/mol. The van der Waals surface area contributed by atoms with Crippen LogP contribution in [-0.4, -0.2) is 58.4 Å². The molecule has 0 fully saturated rings. The van der Waals surface area contributed by atoms with Gasteiger partial charge in [-0.1, -0.05) is 135 Å². The molecule has 0 atom stereocenters. The molecule has 12 heteroatoms. The summed E-state index contributed by atoms with van der Waals surface area (Å²) in [5, 5.41) is 13.2. The van der Waals surface area contributed by atoms with Crippen molar-refractivity contribution in [2.45, 2.75) is 197 Å². The number of rotatable bonds is 15. The molecular formula is C47H94N6O5S. The van der Waals surface area contributed by atoms with Gasteiger partial charge in [0.05, 0.1) is 11.0 Å². The van der Waals surface area contributed by atoms with Gasteiger partial charge in [0.25, 0.3) is 5.91 Å². The third-order valence-corrected chi connectivity index (χ3v) is 7.10. The minimum absolute atomic E-state index is 0.0358. The van der Waals surface area contributed by atoms with Gasteiger partial charge in [0.2, 0.25) is 11.8 Å². The number of hydrogen-bond acceptors (Lipinski definition) is 8. The summed E-state index contributed by atoms with van der Waals surface area (Å²) in [7, 11) is 0. The van der Waals surface area contributed by atoms with Gasteiger partial charge in [-0.15, -0.1) is 5.11 Å². The Labute approximate surface area is 369 Å². The standard InChI is InChI=1S/C10H18O.C9H16O.C7H16N2O.C7H14N2O.C7H15NO.C7H15NS/c1-7(2)6-9(5)10(11)8(3)4;1-7(2)5-6-9(10)8(3)4;2*1-5(2)7(10)9-8-6(3)4;2*1-5(2)7(9)8-6(3)4/h6-8H,1-5H3;5-8H,1-4H3;5-6,8H,1-4H3,(H,9,10);5-6H,1-4H3;2*5-6H,1-4H3,(H,8,9)/b9-6+;6-5+;;;;. The van der Waals surface area contributed by atoms with Crippen LogP contribution >= 0.6 is 12.2 Å². The van der Waals surface area contributed by atoms with Gasteiger partial charge in [-0.05, 0) is 85.8 Å². The van der Waals surface area contributed by atoms with Gasteiger partial charge in [0.1, 0.15) is 0 Å². The number of thiocarbonyl (C=S) groups is 1. The van der Waals surface area contributed by atoms with Crippen molar-refractivity contribution < 1.29 is 24.0 Å². The van der Waals surface area contributed by atoms with Gasteiger partial charge in [-0.3, -0.25) is 29.4 Å². The van der Waals surface area contributed by atoms with Crippen LogP contribution in [0.15, 0.2) is 34.0 Å². The first-order valence-electron chi connectivity index (χ1n) is 21.7. The van der Waals surface area contributed by atoms with E-state index in [-0.39, 0.29) is 71.0 Å². The summed E-state index contributed by atoms with van der Waals surface area (Å²) in [6, 6.07) is 1.14. The van der Waals surface area contributed by atoms with Crippen molar-refractivity contribution in [2.75, 3.05) is 0 Å². The minimum Gasteiger partial charge on any atom is -0.377 e. The lowest BCUT2D eigenvalue weighted by Gasteiger charge is -2.13. The lowest BCUT2D eigenvalue weighted by atomic mass is 9.99. The zero-order chi connectivity index (χ0) is 48.3. The molecule has 0 aliphatic rings. The van der Waals surface area contributed by atoms with E-state index in [9.17, 15) is 24.0 Å². The van der Waals surface area contributed by atoms with E-state index in [1.54, 1.807) is 6.08 Å². The molecule has 0 heterocycles. The van der Waals surface area contributed by atoms with Gasteiger partial charge in [0, 0.05) is 53.6 Å². The first-order chi connectivity index (χ1) is 26.6. The van der Waals surface area contributed by atoms with E-state index in [0.29, 0.717) is 29.8 Å². The Kier molecular flexibility index (Phi) is 46.2. The van der Waals surface area contributed by atoms with Gasteiger partial charge >= 0.3 is 0 Å². The fourth-order valence-electron chi connectivity index (χ4n) is 3.07. The summed E-state index contributed by atoms with van der Waals surface area (Å²) in [6.07, 6.45) is 5.62. The molecule has 0 aromatic heterocycles. The van der Waals surface area contributed by atoms with Crippen LogP contribution in [0.1, 0.15) is 173 Å². The maximum Gasteiger partial charge on any atom is 0.266 e. The number of ketones is 2. The number of azo groups is 1. The first kappa shape index (κ1) is 67.6. The third kappa shape index (κ3) is 57.0. The highest BCUT2D eigenvalue weighted by Crippen LogP contribution is 2.08. The van der Waals surface area contributed by atoms with Gasteiger partial charge in [0.15, 0.2) is 11.6 Å². The fraction of sp³-hybridized carbons (Fsp3) is 0.787. The van der Waals surface area contributed by atoms with Crippen LogP contribution in [0.3, 0.4) is 0 Å². The van der Waals surface area contributed by atoms with Crippen molar-refractivity contribution in [3.05, 3.63) is 23.8 Å². The van der Waals surface area contributed by atoms with E-state index in [4.69, 9.17) is 12.2 Å². The molecule has 4 N–H and O–H groups in total. The number of hydrazine groups is 1. The molecule has 0 bridgehead atoms. The van der Waals surface area contributed by atoms with Crippen LogP contribution in [0.4, 0.5) is 0 Å². The molecule has 0 aromatic rings. The van der Waals surface area contributed by atoms with Gasteiger partial charge in [-0.25, -0.2) is 5.43 Å². The summed E-state index contributed by atoms with van der Waals surface area (Å²) in [4.78, 5) is 55.7. The molecule has 3 amide bonds. The Morgan fingerprint density at radius 3 is 1.19 bits per heavy atom. The molecule has 0 radical (unpaired) electrons. The van der Waals surface area contributed by atoms with Crippen LogP contribution in [0.25, 0.3) is 0 Å². The summed E-state index contributed by atoms with van der Waals surface area (Å²) in [6.45, 7) is 49.0. The Morgan fingerprint density at radius 1 is 0.508 bits per heavy atom. The predicted molar refractivity (Wildman–Crippen MR) is 257 cm³/mol. The van der Waals surface area contributed by atoms with Crippen molar-refractivity contribution in [1.82, 2.24) is 21.5 Å². The number of nitrogens with zero attached hydrogens (tertiary/aromatic N) is 2. The van der Waals surface area contributed by atoms with Gasteiger partial charge in [-0.2, -0.15) is 5.11 Å². The quantitative estimate of drug-likeness (QED) is 0.0548. The van der Waals surface area contributed by atoms with E-state index < -0.39 is 0 Å². The van der Waals surface area contributed by atoms with Crippen molar-refractivity contribution in [2.24, 2.45) is 57.6 Å². The van der Waals surface area contributed by atoms with Gasteiger partial charge < -0.3 is 10.6 Å². The molecule has 0 saturated heterocycles. The molecule has 0 saturated carbocycles. The molecule has 348 valence electrons. The highest BCUT2D eigenvalue weighted by Gasteiger charge is 2.09. The molecule has 59 heavy (non-hydrogen) atoms. The zero-order valence-electron chi connectivity index (χ0n) is 42.5. The van der Waals surface area contributed by atoms with E-state index in [1.807, 2.05) is 130 Å². The summed E-state index contributed by atoms with van der Waals surface area (Å²) in [5.74, 6) is 2.30. The highest BCUT2D eigenvalue weighted by molar-refractivity contribution is 7.80.